The van der Waals surface area contributed by atoms with Crippen molar-refractivity contribution in [2.75, 3.05) is 10.5 Å². The van der Waals surface area contributed by atoms with Crippen LogP contribution in [-0.4, -0.2) is 13.4 Å². The Bertz CT molecular complexity index is 748. The number of nitrogens with two attached hydrogens (primary N) is 1. The number of nitrogens with one attached hydrogen (secondary N) is 1. The first-order valence-electron chi connectivity index (χ1n) is 5.49. The van der Waals surface area contributed by atoms with Crippen molar-refractivity contribution in [3.8, 4) is 0 Å². The standard InChI is InChI=1S/C12H11BrClN3O2S/c1-7-4-9(14)11(5-10(7)15)20(18,19)17-12-3-2-8(13)6-16-12/h2-6H,15H2,1H3,(H,16,17). The smallest absolute Gasteiger partial charge is 0.264 e. The van der Waals surface area contributed by atoms with Gasteiger partial charge in [0.15, 0.2) is 0 Å². The lowest BCUT2D eigenvalue weighted by atomic mass is 10.2. The molecular formula is C12H11BrClN3O2S. The maximum atomic E-state index is 12.3. The molecule has 1 aromatic carbocycles. The van der Waals surface area contributed by atoms with E-state index in [4.69, 9.17) is 17.3 Å². The first kappa shape index (κ1) is 15.1. The van der Waals surface area contributed by atoms with Gasteiger partial charge in [0.25, 0.3) is 10.0 Å². The number of hydrogen-bond donors (Lipinski definition) is 2. The second-order valence-corrected chi connectivity index (χ2v) is 7.08. The molecule has 2 aromatic rings. The number of rotatable bonds is 3. The topological polar surface area (TPSA) is 85.1 Å². The number of hydrogen-bond acceptors (Lipinski definition) is 4. The van der Waals surface area contributed by atoms with Crippen molar-refractivity contribution in [3.63, 3.8) is 0 Å². The molecule has 0 saturated carbocycles. The number of nitrogen functional groups attached to an aromatic ring is 1. The van der Waals surface area contributed by atoms with E-state index in [0.717, 1.165) is 10.0 Å². The number of halogens is 2. The summed E-state index contributed by atoms with van der Waals surface area (Å²) in [6.07, 6.45) is 1.49. The van der Waals surface area contributed by atoms with E-state index in [2.05, 4.69) is 25.6 Å². The van der Waals surface area contributed by atoms with Gasteiger partial charge in [0, 0.05) is 16.4 Å². The summed E-state index contributed by atoms with van der Waals surface area (Å²) in [5.41, 5.74) is 6.80. The van der Waals surface area contributed by atoms with Crippen LogP contribution in [0.25, 0.3) is 0 Å². The van der Waals surface area contributed by atoms with Crippen LogP contribution in [0.4, 0.5) is 11.5 Å². The maximum Gasteiger partial charge on any atom is 0.264 e. The van der Waals surface area contributed by atoms with Crippen molar-refractivity contribution in [2.24, 2.45) is 0 Å². The van der Waals surface area contributed by atoms with Gasteiger partial charge in [-0.2, -0.15) is 0 Å². The molecule has 0 radical (unpaired) electrons. The number of aryl methyl sites for hydroxylation is 1. The lowest BCUT2D eigenvalue weighted by Gasteiger charge is -2.11. The van der Waals surface area contributed by atoms with Crippen LogP contribution in [0.3, 0.4) is 0 Å². The Morgan fingerprint density at radius 1 is 1.35 bits per heavy atom. The van der Waals surface area contributed by atoms with Crippen molar-refractivity contribution in [1.29, 1.82) is 0 Å². The minimum absolute atomic E-state index is 0.0769. The predicted molar refractivity (Wildman–Crippen MR) is 83.3 cm³/mol. The molecular weight excluding hydrogens is 366 g/mol. The number of aromatic nitrogens is 1. The van der Waals surface area contributed by atoms with Crippen LogP contribution in [0.15, 0.2) is 39.8 Å². The minimum Gasteiger partial charge on any atom is -0.398 e. The third kappa shape index (κ3) is 3.23. The van der Waals surface area contributed by atoms with Crippen molar-refractivity contribution in [2.45, 2.75) is 11.8 Å². The summed E-state index contributed by atoms with van der Waals surface area (Å²) in [5.74, 6) is 0.198. The highest BCUT2D eigenvalue weighted by Gasteiger charge is 2.19. The van der Waals surface area contributed by atoms with Gasteiger partial charge in [-0.05, 0) is 52.7 Å². The van der Waals surface area contributed by atoms with Gasteiger partial charge < -0.3 is 5.73 Å². The summed E-state index contributed by atoms with van der Waals surface area (Å²) >= 11 is 9.20. The van der Waals surface area contributed by atoms with E-state index in [0.29, 0.717) is 5.69 Å². The minimum atomic E-state index is -3.84. The Morgan fingerprint density at radius 3 is 2.65 bits per heavy atom. The summed E-state index contributed by atoms with van der Waals surface area (Å²) in [4.78, 5) is 3.87. The molecule has 8 heteroatoms. The molecule has 5 nitrogen and oxygen atoms in total. The maximum absolute atomic E-state index is 12.3. The van der Waals surface area contributed by atoms with Gasteiger partial charge in [-0.3, -0.25) is 4.72 Å². The molecule has 0 aliphatic rings. The first-order valence-corrected chi connectivity index (χ1v) is 8.15. The van der Waals surface area contributed by atoms with Crippen molar-refractivity contribution in [1.82, 2.24) is 4.98 Å². The van der Waals surface area contributed by atoms with E-state index in [1.807, 2.05) is 0 Å². The Labute approximate surface area is 130 Å². The van der Waals surface area contributed by atoms with Gasteiger partial charge in [0.1, 0.15) is 10.7 Å². The van der Waals surface area contributed by atoms with E-state index in [-0.39, 0.29) is 15.7 Å². The van der Waals surface area contributed by atoms with E-state index < -0.39 is 10.0 Å². The highest BCUT2D eigenvalue weighted by molar-refractivity contribution is 9.10. The van der Waals surface area contributed by atoms with Gasteiger partial charge in [0.05, 0.1) is 5.02 Å². The number of sulfonamides is 1. The van der Waals surface area contributed by atoms with Gasteiger partial charge >= 0.3 is 0 Å². The summed E-state index contributed by atoms with van der Waals surface area (Å²) in [6, 6.07) is 6.06. The SMILES string of the molecule is Cc1cc(Cl)c(S(=O)(=O)Nc2ccc(Br)cn2)cc1N. The van der Waals surface area contributed by atoms with Gasteiger partial charge in [-0.25, -0.2) is 13.4 Å². The van der Waals surface area contributed by atoms with Crippen LogP contribution in [0.5, 0.6) is 0 Å². The third-order valence-corrected chi connectivity index (χ3v) is 4.86. The van der Waals surface area contributed by atoms with Gasteiger partial charge in [-0.15, -0.1) is 0 Å². The molecule has 0 aliphatic carbocycles. The van der Waals surface area contributed by atoms with Crippen LogP contribution in [0, 0.1) is 6.92 Å². The van der Waals surface area contributed by atoms with Crippen LogP contribution in [0.1, 0.15) is 5.56 Å². The largest absolute Gasteiger partial charge is 0.398 e. The second-order valence-electron chi connectivity index (χ2n) is 4.11. The van der Waals surface area contributed by atoms with Crippen LogP contribution < -0.4 is 10.5 Å². The van der Waals surface area contributed by atoms with Gasteiger partial charge in [0.2, 0.25) is 0 Å². The van der Waals surface area contributed by atoms with Crippen molar-refractivity contribution >= 4 is 49.1 Å². The molecule has 0 amide bonds. The Kier molecular flexibility index (Phi) is 4.22. The molecule has 0 fully saturated rings. The fourth-order valence-corrected chi connectivity index (χ4v) is 3.36. The van der Waals surface area contributed by atoms with E-state index in [1.54, 1.807) is 13.0 Å². The van der Waals surface area contributed by atoms with E-state index in [1.165, 1.54) is 24.4 Å². The zero-order chi connectivity index (χ0) is 14.9. The summed E-state index contributed by atoms with van der Waals surface area (Å²) in [6.45, 7) is 1.75. The molecule has 106 valence electrons. The molecule has 2 rings (SSSR count). The quantitative estimate of drug-likeness (QED) is 0.806. The van der Waals surface area contributed by atoms with Crippen LogP contribution >= 0.6 is 27.5 Å². The Morgan fingerprint density at radius 2 is 2.05 bits per heavy atom. The van der Waals surface area contributed by atoms with E-state index >= 15 is 0 Å². The number of nitrogens with zero attached hydrogens (tertiary/aromatic N) is 1. The highest BCUT2D eigenvalue weighted by atomic mass is 79.9. The molecule has 3 N–H and O–H groups in total. The molecule has 0 saturated heterocycles. The second kappa shape index (κ2) is 5.59. The predicted octanol–water partition coefficient (Wildman–Crippen LogP) is 3.19. The fraction of sp³-hybridized carbons (Fsp3) is 0.0833. The number of anilines is 2. The Hall–Kier alpha value is -1.31. The molecule has 0 bridgehead atoms. The number of benzene rings is 1. The first-order chi connectivity index (χ1) is 9.29. The fourth-order valence-electron chi connectivity index (χ4n) is 1.50. The van der Waals surface area contributed by atoms with Crippen molar-refractivity contribution in [3.05, 3.63) is 45.5 Å². The Balaban J connectivity index is 2.40. The normalized spacial score (nSPS) is 11.3. The lowest BCUT2D eigenvalue weighted by Crippen LogP contribution is -2.15. The molecule has 20 heavy (non-hydrogen) atoms. The van der Waals surface area contributed by atoms with Crippen LogP contribution in [0.2, 0.25) is 5.02 Å². The molecule has 0 unspecified atom stereocenters. The average Bonchev–Trinajstić information content (AvgIpc) is 2.36. The summed E-state index contributed by atoms with van der Waals surface area (Å²) < 4.78 is 27.6. The third-order valence-electron chi connectivity index (χ3n) is 2.58. The molecule has 0 spiro atoms. The van der Waals surface area contributed by atoms with E-state index in [9.17, 15) is 8.42 Å². The van der Waals surface area contributed by atoms with Crippen LogP contribution in [-0.2, 0) is 10.0 Å². The van der Waals surface area contributed by atoms with Gasteiger partial charge in [-0.1, -0.05) is 11.6 Å². The molecule has 1 aromatic heterocycles. The molecule has 1 heterocycles. The molecule has 0 atom stereocenters. The summed E-state index contributed by atoms with van der Waals surface area (Å²) in [7, 11) is -3.84. The molecule has 0 aliphatic heterocycles. The monoisotopic (exact) mass is 375 g/mol. The zero-order valence-corrected chi connectivity index (χ0v) is 13.6. The summed E-state index contributed by atoms with van der Waals surface area (Å²) in [5, 5.41) is 0.112. The highest BCUT2D eigenvalue weighted by Crippen LogP contribution is 2.28. The van der Waals surface area contributed by atoms with Crippen molar-refractivity contribution < 1.29 is 8.42 Å². The zero-order valence-electron chi connectivity index (χ0n) is 10.4. The lowest BCUT2D eigenvalue weighted by molar-refractivity contribution is 0.601. The number of pyridine rings is 1. The average molecular weight is 377 g/mol.